The van der Waals surface area contributed by atoms with Crippen molar-refractivity contribution in [2.75, 3.05) is 28.8 Å². The van der Waals surface area contributed by atoms with Crippen LogP contribution in [0, 0.1) is 13.8 Å². The molecule has 1 fully saturated rings. The highest BCUT2D eigenvalue weighted by Gasteiger charge is 2.32. The Kier molecular flexibility index (Phi) is 4.95. The minimum Gasteiger partial charge on any atom is -0.340 e. The van der Waals surface area contributed by atoms with Crippen LogP contribution in [0.5, 0.6) is 0 Å². The normalized spacial score (nSPS) is 18.5. The number of benzene rings is 1. The van der Waals surface area contributed by atoms with Crippen LogP contribution in [-0.2, 0) is 9.84 Å². The first-order chi connectivity index (χ1) is 12.2. The van der Waals surface area contributed by atoms with Crippen LogP contribution in [-0.4, -0.2) is 48.9 Å². The molecule has 1 atom stereocenters. The lowest BCUT2D eigenvalue weighted by molar-refractivity contribution is 0.102. The highest BCUT2D eigenvalue weighted by molar-refractivity contribution is 7.91. The molecule has 138 valence electrons. The Hall–Kier alpha value is -2.48. The van der Waals surface area contributed by atoms with Gasteiger partial charge in [-0.25, -0.2) is 18.4 Å². The smallest absolute Gasteiger partial charge is 0.274 e. The maximum absolute atomic E-state index is 12.6. The summed E-state index contributed by atoms with van der Waals surface area (Å²) < 4.78 is 23.4. The molecule has 1 aromatic carbocycles. The van der Waals surface area contributed by atoms with Crippen LogP contribution < -0.4 is 10.2 Å². The lowest BCUT2D eigenvalue weighted by Gasteiger charge is -2.23. The molecule has 1 aliphatic heterocycles. The molecular formula is C18H22N4O3S. The van der Waals surface area contributed by atoms with E-state index in [-0.39, 0.29) is 29.1 Å². The van der Waals surface area contributed by atoms with Gasteiger partial charge in [0.15, 0.2) is 9.84 Å². The third-order valence-corrected chi connectivity index (χ3v) is 6.17. The number of aromatic nitrogens is 2. The Morgan fingerprint density at radius 1 is 1.23 bits per heavy atom. The lowest BCUT2D eigenvalue weighted by Crippen LogP contribution is -2.34. The molecule has 0 bridgehead atoms. The summed E-state index contributed by atoms with van der Waals surface area (Å²) >= 11 is 0. The summed E-state index contributed by atoms with van der Waals surface area (Å²) in [6.45, 7) is 3.74. The van der Waals surface area contributed by atoms with Gasteiger partial charge in [-0.1, -0.05) is 12.1 Å². The van der Waals surface area contributed by atoms with Crippen LogP contribution in [0.25, 0.3) is 0 Å². The molecule has 1 saturated heterocycles. The number of anilines is 2. The van der Waals surface area contributed by atoms with Gasteiger partial charge in [0, 0.05) is 24.5 Å². The Bertz CT molecular complexity index is 943. The van der Waals surface area contributed by atoms with Gasteiger partial charge in [-0.2, -0.15) is 0 Å². The van der Waals surface area contributed by atoms with Crippen LogP contribution in [0.2, 0.25) is 0 Å². The molecule has 26 heavy (non-hydrogen) atoms. The number of aryl methyl sites for hydroxylation is 2. The lowest BCUT2D eigenvalue weighted by atomic mass is 10.2. The first-order valence-electron chi connectivity index (χ1n) is 8.40. The van der Waals surface area contributed by atoms with Gasteiger partial charge in [-0.05, 0) is 44.0 Å². The van der Waals surface area contributed by atoms with Crippen molar-refractivity contribution in [3.05, 3.63) is 47.3 Å². The fourth-order valence-corrected chi connectivity index (χ4v) is 4.76. The number of hydrogen-bond donors (Lipinski definition) is 1. The monoisotopic (exact) mass is 374 g/mol. The predicted octanol–water partition coefficient (Wildman–Crippen LogP) is 1.97. The van der Waals surface area contributed by atoms with Crippen LogP contribution in [0.4, 0.5) is 11.6 Å². The highest BCUT2D eigenvalue weighted by atomic mass is 32.2. The molecule has 8 heteroatoms. The van der Waals surface area contributed by atoms with E-state index in [1.807, 2.05) is 31.2 Å². The van der Waals surface area contributed by atoms with E-state index in [2.05, 4.69) is 15.3 Å². The molecule has 1 aromatic heterocycles. The molecule has 0 radical (unpaired) electrons. The van der Waals surface area contributed by atoms with Gasteiger partial charge in [0.05, 0.1) is 11.5 Å². The van der Waals surface area contributed by atoms with E-state index in [4.69, 9.17) is 0 Å². The summed E-state index contributed by atoms with van der Waals surface area (Å²) in [6.07, 6.45) is 0.543. The summed E-state index contributed by atoms with van der Waals surface area (Å²) in [7, 11) is -1.24. The second-order valence-electron chi connectivity index (χ2n) is 6.69. The molecular weight excluding hydrogens is 352 g/mol. The summed E-state index contributed by atoms with van der Waals surface area (Å²) in [5.74, 6) is 0.302. The molecule has 1 aliphatic rings. The molecule has 0 saturated carbocycles. The summed E-state index contributed by atoms with van der Waals surface area (Å²) in [6, 6.07) is 8.96. The van der Waals surface area contributed by atoms with E-state index < -0.39 is 9.84 Å². The first kappa shape index (κ1) is 18.3. The topological polar surface area (TPSA) is 92.3 Å². The van der Waals surface area contributed by atoms with E-state index in [9.17, 15) is 13.2 Å². The van der Waals surface area contributed by atoms with Gasteiger partial charge in [0.1, 0.15) is 5.69 Å². The van der Waals surface area contributed by atoms with Crippen LogP contribution in [0.15, 0.2) is 30.3 Å². The summed E-state index contributed by atoms with van der Waals surface area (Å²) in [5, 5.41) is 2.83. The minimum absolute atomic E-state index is 0.0889. The SMILES string of the molecule is Cc1cccc(NC(=O)c2cc(C)nc(N(C)C3CCS(=O)(=O)C3)n2)c1. The van der Waals surface area contributed by atoms with Crippen LogP contribution >= 0.6 is 0 Å². The largest absolute Gasteiger partial charge is 0.340 e. The number of carbonyl (C=O) groups is 1. The molecule has 2 aromatic rings. The second-order valence-corrected chi connectivity index (χ2v) is 8.91. The number of hydrogen-bond acceptors (Lipinski definition) is 6. The molecule has 1 unspecified atom stereocenters. The van der Waals surface area contributed by atoms with Crippen molar-refractivity contribution in [3.63, 3.8) is 0 Å². The fourth-order valence-electron chi connectivity index (χ4n) is 2.99. The van der Waals surface area contributed by atoms with Crippen molar-refractivity contribution in [2.45, 2.75) is 26.3 Å². The predicted molar refractivity (Wildman–Crippen MR) is 101 cm³/mol. The molecule has 3 rings (SSSR count). The first-order valence-corrected chi connectivity index (χ1v) is 10.2. The quantitative estimate of drug-likeness (QED) is 0.880. The number of nitrogens with one attached hydrogen (secondary N) is 1. The van der Waals surface area contributed by atoms with Gasteiger partial charge in [0.2, 0.25) is 5.95 Å². The second kappa shape index (κ2) is 7.03. The molecule has 2 heterocycles. The molecule has 0 spiro atoms. The summed E-state index contributed by atoms with van der Waals surface area (Å²) in [4.78, 5) is 23.0. The number of sulfone groups is 1. The highest BCUT2D eigenvalue weighted by Crippen LogP contribution is 2.21. The number of carbonyl (C=O) groups excluding carboxylic acids is 1. The summed E-state index contributed by atoms with van der Waals surface area (Å²) in [5.41, 5.74) is 2.64. The average Bonchev–Trinajstić information content (AvgIpc) is 2.93. The molecule has 0 aliphatic carbocycles. The zero-order valence-electron chi connectivity index (χ0n) is 15.1. The maximum Gasteiger partial charge on any atom is 0.274 e. The molecule has 1 N–H and O–H groups in total. The van der Waals surface area contributed by atoms with Crippen molar-refractivity contribution in [1.82, 2.24) is 9.97 Å². The molecule has 7 nitrogen and oxygen atoms in total. The number of nitrogens with zero attached hydrogens (tertiary/aromatic N) is 3. The van der Waals surface area contributed by atoms with Gasteiger partial charge < -0.3 is 10.2 Å². The standard InChI is InChI=1S/C18H22N4O3S/c1-12-5-4-6-14(9-12)20-17(23)16-10-13(2)19-18(21-16)22(3)15-7-8-26(24,25)11-15/h4-6,9-10,15H,7-8,11H2,1-3H3,(H,20,23). The van der Waals surface area contributed by atoms with E-state index in [1.54, 1.807) is 24.9 Å². The number of amides is 1. The van der Waals surface area contributed by atoms with Gasteiger partial charge >= 0.3 is 0 Å². The fraction of sp³-hybridized carbons (Fsp3) is 0.389. The van der Waals surface area contributed by atoms with Crippen LogP contribution in [0.3, 0.4) is 0 Å². The third kappa shape index (κ3) is 4.19. The van der Waals surface area contributed by atoms with Crippen molar-refractivity contribution in [1.29, 1.82) is 0 Å². The Morgan fingerprint density at radius 2 is 2.00 bits per heavy atom. The van der Waals surface area contributed by atoms with Crippen molar-refractivity contribution in [3.8, 4) is 0 Å². The van der Waals surface area contributed by atoms with Gasteiger partial charge in [0.25, 0.3) is 5.91 Å². The zero-order valence-corrected chi connectivity index (χ0v) is 15.9. The number of rotatable bonds is 4. The third-order valence-electron chi connectivity index (χ3n) is 4.42. The zero-order chi connectivity index (χ0) is 18.9. The minimum atomic E-state index is -3.01. The molecule has 1 amide bonds. The Morgan fingerprint density at radius 3 is 2.65 bits per heavy atom. The average molecular weight is 374 g/mol. The van der Waals surface area contributed by atoms with E-state index in [0.717, 1.165) is 5.56 Å². The van der Waals surface area contributed by atoms with Crippen molar-refractivity contribution < 1.29 is 13.2 Å². The van der Waals surface area contributed by atoms with E-state index in [0.29, 0.717) is 23.8 Å². The van der Waals surface area contributed by atoms with Gasteiger partial charge in [-0.15, -0.1) is 0 Å². The maximum atomic E-state index is 12.6. The van der Waals surface area contributed by atoms with Crippen molar-refractivity contribution in [2.24, 2.45) is 0 Å². The van der Waals surface area contributed by atoms with E-state index in [1.165, 1.54) is 0 Å². The van der Waals surface area contributed by atoms with Gasteiger partial charge in [-0.3, -0.25) is 4.79 Å². The Balaban J connectivity index is 1.82. The van der Waals surface area contributed by atoms with Crippen LogP contribution in [0.1, 0.15) is 28.2 Å². The Labute approximate surface area is 153 Å². The van der Waals surface area contributed by atoms with Crippen molar-refractivity contribution >= 4 is 27.4 Å². The van der Waals surface area contributed by atoms with E-state index >= 15 is 0 Å².